The number of methoxy groups -OCH3 is 1. The van der Waals surface area contributed by atoms with Gasteiger partial charge in [-0.05, 0) is 30.7 Å². The van der Waals surface area contributed by atoms with Gasteiger partial charge in [-0.25, -0.2) is 8.42 Å². The average molecular weight is 471 g/mol. The Kier molecular flexibility index (Phi) is 8.82. The van der Waals surface area contributed by atoms with Crippen molar-refractivity contribution in [3.05, 3.63) is 24.3 Å². The predicted octanol–water partition coefficient (Wildman–Crippen LogP) is -1.00. The van der Waals surface area contributed by atoms with Gasteiger partial charge in [0.05, 0.1) is 38.4 Å². The summed E-state index contributed by atoms with van der Waals surface area (Å²) in [6.07, 6.45) is -0.372. The maximum atomic E-state index is 13.1. The number of carbonyl (C=O) groups excluding carboxylic acids is 2. The Morgan fingerprint density at radius 3 is 2.44 bits per heavy atom. The number of amides is 2. The first-order valence-electron chi connectivity index (χ1n) is 10.6. The molecule has 0 aliphatic carbocycles. The van der Waals surface area contributed by atoms with E-state index in [0.29, 0.717) is 45.1 Å². The van der Waals surface area contributed by atoms with E-state index in [1.807, 2.05) is 0 Å². The standard InChI is InChI=1S/C20H30N4O7S/c1-29-16-3-5-17(6-4-16)32(27,28)24-8-2-12-31-18(24)15-22-20(26)19(25)21-7-9-23-10-13-30-14-11-23/h3-6,18H,2,7-15H2,1H3,(H,21,25)(H,22,26). The van der Waals surface area contributed by atoms with Crippen LogP contribution in [0.3, 0.4) is 0 Å². The lowest BCUT2D eigenvalue weighted by Crippen LogP contribution is -2.53. The lowest BCUT2D eigenvalue weighted by Gasteiger charge is -2.34. The van der Waals surface area contributed by atoms with Gasteiger partial charge in [0.25, 0.3) is 0 Å². The monoisotopic (exact) mass is 470 g/mol. The summed E-state index contributed by atoms with van der Waals surface area (Å²) in [6.45, 7) is 4.34. The van der Waals surface area contributed by atoms with Gasteiger partial charge in [0.1, 0.15) is 12.0 Å². The molecule has 0 spiro atoms. The molecule has 2 aliphatic rings. The molecule has 1 aromatic carbocycles. The summed E-state index contributed by atoms with van der Waals surface area (Å²) in [6, 6.07) is 6.05. The van der Waals surface area contributed by atoms with Crippen molar-refractivity contribution >= 4 is 21.8 Å². The van der Waals surface area contributed by atoms with Crippen LogP contribution in [0.25, 0.3) is 0 Å². The SMILES string of the molecule is COc1ccc(S(=O)(=O)N2CCCOC2CNC(=O)C(=O)NCCN2CCOCC2)cc1. The van der Waals surface area contributed by atoms with Crippen molar-refractivity contribution in [3.63, 3.8) is 0 Å². The van der Waals surface area contributed by atoms with Gasteiger partial charge in [-0.2, -0.15) is 4.31 Å². The van der Waals surface area contributed by atoms with Crippen molar-refractivity contribution in [1.29, 1.82) is 0 Å². The van der Waals surface area contributed by atoms with Gasteiger partial charge in [0.2, 0.25) is 10.0 Å². The maximum absolute atomic E-state index is 13.1. The molecule has 0 saturated carbocycles. The summed E-state index contributed by atoms with van der Waals surface area (Å²) in [5.74, 6) is -1.05. The molecule has 2 N–H and O–H groups in total. The Labute approximate surface area is 188 Å². The molecule has 2 heterocycles. The lowest BCUT2D eigenvalue weighted by molar-refractivity contribution is -0.140. The third-order valence-corrected chi connectivity index (χ3v) is 7.18. The maximum Gasteiger partial charge on any atom is 0.309 e. The molecule has 3 rings (SSSR count). The molecule has 178 valence electrons. The van der Waals surface area contributed by atoms with Crippen molar-refractivity contribution in [2.45, 2.75) is 17.5 Å². The van der Waals surface area contributed by atoms with E-state index in [1.165, 1.54) is 23.5 Å². The van der Waals surface area contributed by atoms with Gasteiger partial charge in [-0.1, -0.05) is 0 Å². The Hall–Kier alpha value is -2.25. The van der Waals surface area contributed by atoms with E-state index in [4.69, 9.17) is 14.2 Å². The molecule has 0 bridgehead atoms. The molecule has 2 fully saturated rings. The van der Waals surface area contributed by atoms with E-state index in [-0.39, 0.29) is 18.0 Å². The molecule has 32 heavy (non-hydrogen) atoms. The molecule has 2 aliphatic heterocycles. The van der Waals surface area contributed by atoms with Crippen LogP contribution in [0.5, 0.6) is 5.75 Å². The van der Waals surface area contributed by atoms with Crippen LogP contribution in [0.15, 0.2) is 29.2 Å². The van der Waals surface area contributed by atoms with Crippen LogP contribution in [0.2, 0.25) is 0 Å². The van der Waals surface area contributed by atoms with Crippen LogP contribution in [0.4, 0.5) is 0 Å². The first-order valence-corrected chi connectivity index (χ1v) is 12.0. The van der Waals surface area contributed by atoms with Crippen LogP contribution >= 0.6 is 0 Å². The fourth-order valence-electron chi connectivity index (χ4n) is 3.48. The van der Waals surface area contributed by atoms with Crippen molar-refractivity contribution < 1.29 is 32.2 Å². The largest absolute Gasteiger partial charge is 0.497 e. The van der Waals surface area contributed by atoms with E-state index >= 15 is 0 Å². The van der Waals surface area contributed by atoms with Crippen LogP contribution in [-0.2, 0) is 29.1 Å². The molecule has 1 unspecified atom stereocenters. The Bertz CT molecular complexity index is 872. The fourth-order valence-corrected chi connectivity index (χ4v) is 5.04. The van der Waals surface area contributed by atoms with Gasteiger partial charge >= 0.3 is 11.8 Å². The lowest BCUT2D eigenvalue weighted by atomic mass is 10.3. The molecular weight excluding hydrogens is 440 g/mol. The smallest absolute Gasteiger partial charge is 0.309 e. The second-order valence-electron chi connectivity index (χ2n) is 7.39. The number of sulfonamides is 1. The average Bonchev–Trinajstić information content (AvgIpc) is 2.83. The number of morpholine rings is 1. The van der Waals surface area contributed by atoms with E-state index in [0.717, 1.165) is 13.1 Å². The summed E-state index contributed by atoms with van der Waals surface area (Å²) in [5, 5.41) is 5.05. The summed E-state index contributed by atoms with van der Waals surface area (Å²) >= 11 is 0. The zero-order valence-corrected chi connectivity index (χ0v) is 18.9. The van der Waals surface area contributed by atoms with Gasteiger partial charge < -0.3 is 24.8 Å². The van der Waals surface area contributed by atoms with Gasteiger partial charge in [-0.15, -0.1) is 0 Å². The highest BCUT2D eigenvalue weighted by Crippen LogP contribution is 2.23. The van der Waals surface area contributed by atoms with Crippen LogP contribution in [0.1, 0.15) is 6.42 Å². The Balaban J connectivity index is 1.51. The number of nitrogens with one attached hydrogen (secondary N) is 2. The molecule has 2 saturated heterocycles. The highest BCUT2D eigenvalue weighted by molar-refractivity contribution is 7.89. The van der Waals surface area contributed by atoms with E-state index in [2.05, 4.69) is 15.5 Å². The Morgan fingerprint density at radius 2 is 1.75 bits per heavy atom. The number of hydrogen-bond donors (Lipinski definition) is 2. The number of rotatable bonds is 8. The third kappa shape index (κ3) is 6.39. The van der Waals surface area contributed by atoms with Crippen molar-refractivity contribution in [3.8, 4) is 5.75 Å². The van der Waals surface area contributed by atoms with E-state index in [1.54, 1.807) is 12.1 Å². The van der Waals surface area contributed by atoms with Crippen molar-refractivity contribution in [2.24, 2.45) is 0 Å². The molecule has 12 heteroatoms. The minimum Gasteiger partial charge on any atom is -0.497 e. The fraction of sp³-hybridized carbons (Fsp3) is 0.600. The van der Waals surface area contributed by atoms with Gasteiger partial charge in [-0.3, -0.25) is 14.5 Å². The number of hydrogen-bond acceptors (Lipinski definition) is 8. The second-order valence-corrected chi connectivity index (χ2v) is 9.28. The Morgan fingerprint density at radius 1 is 1.06 bits per heavy atom. The first kappa shape index (κ1) is 24.4. The third-order valence-electron chi connectivity index (χ3n) is 5.28. The normalized spacial score (nSPS) is 20.5. The number of nitrogens with zero attached hydrogens (tertiary/aromatic N) is 2. The highest BCUT2D eigenvalue weighted by atomic mass is 32.2. The quantitative estimate of drug-likeness (QED) is 0.463. The van der Waals surface area contributed by atoms with Crippen molar-refractivity contribution in [1.82, 2.24) is 19.8 Å². The molecule has 2 amide bonds. The molecule has 11 nitrogen and oxygen atoms in total. The number of benzene rings is 1. The number of carbonyl (C=O) groups is 2. The number of ether oxygens (including phenoxy) is 3. The predicted molar refractivity (Wildman–Crippen MR) is 115 cm³/mol. The molecular formula is C20H30N4O7S. The molecule has 1 aromatic rings. The summed E-state index contributed by atoms with van der Waals surface area (Å²) in [7, 11) is -2.35. The zero-order valence-electron chi connectivity index (χ0n) is 18.1. The van der Waals surface area contributed by atoms with Crippen molar-refractivity contribution in [2.75, 3.05) is 66.2 Å². The van der Waals surface area contributed by atoms with Gasteiger partial charge in [0, 0.05) is 32.7 Å². The first-order chi connectivity index (χ1) is 15.4. The molecule has 0 radical (unpaired) electrons. The summed E-state index contributed by atoms with van der Waals surface area (Å²) in [5.41, 5.74) is 0. The van der Waals surface area contributed by atoms with E-state index in [9.17, 15) is 18.0 Å². The summed E-state index contributed by atoms with van der Waals surface area (Å²) < 4.78 is 43.3. The van der Waals surface area contributed by atoms with Crippen LogP contribution in [0, 0.1) is 0 Å². The van der Waals surface area contributed by atoms with Crippen LogP contribution < -0.4 is 15.4 Å². The minimum absolute atomic E-state index is 0.0981. The van der Waals surface area contributed by atoms with E-state index < -0.39 is 28.1 Å². The van der Waals surface area contributed by atoms with Gasteiger partial charge in [0.15, 0.2) is 0 Å². The molecule has 1 atom stereocenters. The highest BCUT2D eigenvalue weighted by Gasteiger charge is 2.35. The molecule has 0 aromatic heterocycles. The summed E-state index contributed by atoms with van der Waals surface area (Å²) in [4.78, 5) is 26.5. The zero-order chi connectivity index (χ0) is 23.0. The minimum atomic E-state index is -3.85. The van der Waals surface area contributed by atoms with Crippen LogP contribution in [-0.4, -0.2) is 102 Å². The second kappa shape index (κ2) is 11.6. The topological polar surface area (TPSA) is 127 Å².